The highest BCUT2D eigenvalue weighted by Gasteiger charge is 2.35. The first-order valence-electron chi connectivity index (χ1n) is 10.7. The lowest BCUT2D eigenvalue weighted by molar-refractivity contribution is 0.0663. The summed E-state index contributed by atoms with van der Waals surface area (Å²) >= 11 is 0. The Morgan fingerprint density at radius 2 is 1.94 bits per heavy atom. The average molecular weight is 419 g/mol. The van der Waals surface area contributed by atoms with Crippen LogP contribution in [0.15, 0.2) is 42.7 Å². The SMILES string of the molecule is COc1cccc(-c2ccnc(-n3ncc(C(=O)N4CCN(C)CC4)c3C3CC3)n2)c1. The number of rotatable bonds is 5. The number of amides is 1. The number of likely N-dealkylation sites (N-methyl/N-ethyl adjacent to an activating group) is 1. The largest absolute Gasteiger partial charge is 0.497 e. The van der Waals surface area contributed by atoms with E-state index in [1.807, 2.05) is 35.2 Å². The van der Waals surface area contributed by atoms with E-state index in [1.165, 1.54) is 0 Å². The Labute approximate surface area is 181 Å². The third-order valence-corrected chi connectivity index (χ3v) is 5.99. The molecule has 1 aliphatic carbocycles. The smallest absolute Gasteiger partial charge is 0.257 e. The van der Waals surface area contributed by atoms with Gasteiger partial charge in [0.15, 0.2) is 0 Å². The summed E-state index contributed by atoms with van der Waals surface area (Å²) < 4.78 is 7.09. The zero-order valence-electron chi connectivity index (χ0n) is 17.9. The summed E-state index contributed by atoms with van der Waals surface area (Å²) in [5.41, 5.74) is 3.35. The molecule has 2 aromatic heterocycles. The van der Waals surface area contributed by atoms with Gasteiger partial charge in [0.05, 0.1) is 30.3 Å². The molecule has 3 aromatic rings. The fourth-order valence-corrected chi connectivity index (χ4v) is 4.01. The second-order valence-corrected chi connectivity index (χ2v) is 8.20. The van der Waals surface area contributed by atoms with Crippen LogP contribution in [0.1, 0.15) is 34.8 Å². The molecule has 0 N–H and O–H groups in total. The van der Waals surface area contributed by atoms with Gasteiger partial charge in [0.2, 0.25) is 0 Å². The maximum atomic E-state index is 13.3. The molecule has 0 unspecified atom stereocenters. The van der Waals surface area contributed by atoms with E-state index < -0.39 is 0 Å². The Morgan fingerprint density at radius 3 is 2.68 bits per heavy atom. The van der Waals surface area contributed by atoms with Crippen molar-refractivity contribution in [1.29, 1.82) is 0 Å². The number of nitrogens with zero attached hydrogens (tertiary/aromatic N) is 6. The van der Waals surface area contributed by atoms with E-state index in [4.69, 9.17) is 9.72 Å². The van der Waals surface area contributed by atoms with Crippen LogP contribution < -0.4 is 4.74 Å². The highest BCUT2D eigenvalue weighted by atomic mass is 16.5. The van der Waals surface area contributed by atoms with Gasteiger partial charge in [-0.05, 0) is 38.1 Å². The van der Waals surface area contributed by atoms with Gasteiger partial charge in [-0.15, -0.1) is 0 Å². The standard InChI is InChI=1S/C23H26N6O2/c1-27-10-12-28(13-11-27)22(30)19-15-25-29(21(19)16-6-7-16)23-24-9-8-20(26-23)17-4-3-5-18(14-17)31-2/h3-5,8-9,14-16H,6-7,10-13H2,1-2H3. The monoisotopic (exact) mass is 418 g/mol. The lowest BCUT2D eigenvalue weighted by Gasteiger charge is -2.32. The predicted octanol–water partition coefficient (Wildman–Crippen LogP) is 2.60. The molecular weight excluding hydrogens is 392 g/mol. The van der Waals surface area contributed by atoms with Crippen molar-refractivity contribution in [2.75, 3.05) is 40.3 Å². The third-order valence-electron chi connectivity index (χ3n) is 5.99. The van der Waals surface area contributed by atoms with Crippen LogP contribution in [0.5, 0.6) is 5.75 Å². The first-order chi connectivity index (χ1) is 15.1. The van der Waals surface area contributed by atoms with Crippen molar-refractivity contribution in [3.05, 3.63) is 54.0 Å². The summed E-state index contributed by atoms with van der Waals surface area (Å²) in [5, 5.41) is 4.56. The zero-order valence-corrected chi connectivity index (χ0v) is 17.9. The van der Waals surface area contributed by atoms with E-state index in [9.17, 15) is 4.79 Å². The molecule has 8 heteroatoms. The molecule has 160 valence electrons. The summed E-state index contributed by atoms with van der Waals surface area (Å²) in [6.07, 6.45) is 5.54. The lowest BCUT2D eigenvalue weighted by Crippen LogP contribution is -2.47. The van der Waals surface area contributed by atoms with Crippen LogP contribution in [0.3, 0.4) is 0 Å². The highest BCUT2D eigenvalue weighted by molar-refractivity contribution is 5.95. The number of piperazine rings is 1. The van der Waals surface area contributed by atoms with Gasteiger partial charge < -0.3 is 14.5 Å². The van der Waals surface area contributed by atoms with Crippen LogP contribution in [0.2, 0.25) is 0 Å². The highest BCUT2D eigenvalue weighted by Crippen LogP contribution is 2.42. The lowest BCUT2D eigenvalue weighted by atomic mass is 10.1. The number of aromatic nitrogens is 4. The van der Waals surface area contributed by atoms with Gasteiger partial charge >= 0.3 is 0 Å². The number of carbonyl (C=O) groups is 1. The van der Waals surface area contributed by atoms with Gasteiger partial charge in [0.1, 0.15) is 5.75 Å². The molecule has 0 atom stereocenters. The van der Waals surface area contributed by atoms with Gasteiger partial charge in [-0.2, -0.15) is 5.10 Å². The molecule has 5 rings (SSSR count). The number of hydrogen-bond donors (Lipinski definition) is 0. The van der Waals surface area contributed by atoms with E-state index >= 15 is 0 Å². The van der Waals surface area contributed by atoms with Gasteiger partial charge in [-0.1, -0.05) is 12.1 Å². The number of ether oxygens (including phenoxy) is 1. The van der Waals surface area contributed by atoms with Gasteiger partial charge in [0.25, 0.3) is 11.9 Å². The third kappa shape index (κ3) is 3.90. The summed E-state index contributed by atoms with van der Waals surface area (Å²) in [6.45, 7) is 3.27. The molecule has 0 radical (unpaired) electrons. The van der Waals surface area contributed by atoms with E-state index in [-0.39, 0.29) is 5.91 Å². The molecule has 1 amide bonds. The molecule has 8 nitrogen and oxygen atoms in total. The van der Waals surface area contributed by atoms with Crippen molar-refractivity contribution in [2.24, 2.45) is 0 Å². The van der Waals surface area contributed by atoms with Crippen LogP contribution in [0, 0.1) is 0 Å². The van der Waals surface area contributed by atoms with Crippen LogP contribution in [-0.4, -0.2) is 75.8 Å². The van der Waals surface area contributed by atoms with Crippen molar-refractivity contribution in [3.63, 3.8) is 0 Å². The van der Waals surface area contributed by atoms with E-state index in [0.29, 0.717) is 17.4 Å². The van der Waals surface area contributed by atoms with Gasteiger partial charge in [-0.3, -0.25) is 4.79 Å². The number of methoxy groups -OCH3 is 1. The van der Waals surface area contributed by atoms with Crippen LogP contribution in [0.4, 0.5) is 0 Å². The normalized spacial score (nSPS) is 17.0. The number of benzene rings is 1. The molecule has 0 spiro atoms. The minimum absolute atomic E-state index is 0.0604. The molecule has 1 aromatic carbocycles. The average Bonchev–Trinajstić information content (AvgIpc) is 3.56. The molecule has 31 heavy (non-hydrogen) atoms. The van der Waals surface area contributed by atoms with Crippen molar-refractivity contribution >= 4 is 5.91 Å². The summed E-state index contributed by atoms with van der Waals surface area (Å²) in [7, 11) is 3.73. The Kier molecular flexibility index (Phi) is 5.15. The Hall–Kier alpha value is -3.26. The number of carbonyl (C=O) groups excluding carboxylic acids is 1. The van der Waals surface area contributed by atoms with Crippen molar-refractivity contribution in [2.45, 2.75) is 18.8 Å². The van der Waals surface area contributed by atoms with Crippen molar-refractivity contribution < 1.29 is 9.53 Å². The summed E-state index contributed by atoms with van der Waals surface area (Å²) in [6, 6.07) is 9.64. The van der Waals surface area contributed by atoms with Crippen LogP contribution in [0.25, 0.3) is 17.2 Å². The van der Waals surface area contributed by atoms with Crippen LogP contribution in [-0.2, 0) is 0 Å². The Morgan fingerprint density at radius 1 is 1.13 bits per heavy atom. The van der Waals surface area contributed by atoms with E-state index in [1.54, 1.807) is 24.2 Å². The van der Waals surface area contributed by atoms with E-state index in [2.05, 4.69) is 22.0 Å². The minimum Gasteiger partial charge on any atom is -0.497 e. The van der Waals surface area contributed by atoms with Crippen molar-refractivity contribution in [3.8, 4) is 23.0 Å². The molecule has 1 saturated heterocycles. The molecule has 0 bridgehead atoms. The fourth-order valence-electron chi connectivity index (χ4n) is 4.01. The van der Waals surface area contributed by atoms with Gasteiger partial charge in [-0.25, -0.2) is 14.6 Å². The Bertz CT molecular complexity index is 1100. The van der Waals surface area contributed by atoms with E-state index in [0.717, 1.165) is 61.7 Å². The fraction of sp³-hybridized carbons (Fsp3) is 0.391. The maximum absolute atomic E-state index is 13.3. The molecular formula is C23H26N6O2. The summed E-state index contributed by atoms with van der Waals surface area (Å²) in [5.74, 6) is 1.65. The topological polar surface area (TPSA) is 76.4 Å². The molecule has 2 aliphatic rings. The van der Waals surface area contributed by atoms with Crippen molar-refractivity contribution in [1.82, 2.24) is 29.5 Å². The first-order valence-corrected chi connectivity index (χ1v) is 10.7. The number of hydrogen-bond acceptors (Lipinski definition) is 6. The van der Waals surface area contributed by atoms with Gasteiger partial charge in [0, 0.05) is 43.9 Å². The summed E-state index contributed by atoms with van der Waals surface area (Å²) in [4.78, 5) is 26.7. The maximum Gasteiger partial charge on any atom is 0.257 e. The predicted molar refractivity (Wildman–Crippen MR) is 117 cm³/mol. The zero-order chi connectivity index (χ0) is 21.4. The quantitative estimate of drug-likeness (QED) is 0.634. The molecule has 2 fully saturated rings. The molecule has 3 heterocycles. The molecule has 1 saturated carbocycles. The Balaban J connectivity index is 1.49. The first kappa shape index (κ1) is 19.7. The molecule has 1 aliphatic heterocycles. The second-order valence-electron chi connectivity index (χ2n) is 8.20. The van der Waals surface area contributed by atoms with Crippen LogP contribution >= 0.6 is 0 Å². The minimum atomic E-state index is 0.0604. The second kappa shape index (κ2) is 8.11.